The Morgan fingerprint density at radius 3 is 2.83 bits per heavy atom. The number of para-hydroxylation sites is 1. The van der Waals surface area contributed by atoms with Gasteiger partial charge < -0.3 is 15.5 Å². The van der Waals surface area contributed by atoms with E-state index in [1.165, 1.54) is 13.2 Å². The summed E-state index contributed by atoms with van der Waals surface area (Å²) in [6, 6.07) is 9.27. The Hall–Kier alpha value is -2.74. The van der Waals surface area contributed by atoms with E-state index in [4.69, 9.17) is 15.7 Å². The van der Waals surface area contributed by atoms with Crippen LogP contribution in [-0.4, -0.2) is 18.0 Å². The average molecular weight is 241 g/mol. The zero-order chi connectivity index (χ0) is 13.1. The van der Waals surface area contributed by atoms with E-state index in [2.05, 4.69) is 4.98 Å². The van der Waals surface area contributed by atoms with E-state index >= 15 is 0 Å². The molecule has 1 amide bonds. The number of primary amides is 1. The number of nitrogens with two attached hydrogens (primary N) is 1. The molecule has 0 aliphatic heterocycles. The van der Waals surface area contributed by atoms with Crippen molar-refractivity contribution < 1.29 is 9.53 Å². The molecule has 0 spiro atoms. The van der Waals surface area contributed by atoms with Gasteiger partial charge in [-0.15, -0.1) is 0 Å². The van der Waals surface area contributed by atoms with Crippen LogP contribution in [0.1, 0.15) is 5.56 Å². The number of nitrogens with one attached hydrogen (secondary N) is 1. The summed E-state index contributed by atoms with van der Waals surface area (Å²) >= 11 is 0. The lowest BCUT2D eigenvalue weighted by molar-refractivity contribution is -0.114. The monoisotopic (exact) mass is 241 g/mol. The summed E-state index contributed by atoms with van der Waals surface area (Å²) in [6.07, 6.45) is 1.43. The van der Waals surface area contributed by atoms with Gasteiger partial charge in [-0.3, -0.25) is 4.79 Å². The van der Waals surface area contributed by atoms with Gasteiger partial charge in [0.25, 0.3) is 5.91 Å². The minimum Gasteiger partial charge on any atom is -0.482 e. The molecule has 0 atom stereocenters. The number of hydrogen-bond donors (Lipinski definition) is 2. The molecule has 0 fully saturated rings. The van der Waals surface area contributed by atoms with Gasteiger partial charge in [-0.1, -0.05) is 18.2 Å². The van der Waals surface area contributed by atoms with E-state index < -0.39 is 5.91 Å². The minimum absolute atomic E-state index is 0.113. The van der Waals surface area contributed by atoms with Gasteiger partial charge in [0.15, 0.2) is 5.88 Å². The van der Waals surface area contributed by atoms with Crippen LogP contribution in [0.5, 0.6) is 5.88 Å². The van der Waals surface area contributed by atoms with Crippen LogP contribution in [0, 0.1) is 11.3 Å². The molecule has 0 radical (unpaired) electrons. The summed E-state index contributed by atoms with van der Waals surface area (Å²) in [5.41, 5.74) is 6.51. The second-order valence-electron chi connectivity index (χ2n) is 3.65. The number of amides is 1. The highest BCUT2D eigenvalue weighted by atomic mass is 16.5. The predicted octanol–water partition coefficient (Wildman–Crippen LogP) is 1.57. The number of aromatic nitrogens is 1. The summed E-state index contributed by atoms with van der Waals surface area (Å²) in [5, 5.41) is 9.73. The van der Waals surface area contributed by atoms with Crippen molar-refractivity contribution >= 4 is 22.9 Å². The summed E-state index contributed by atoms with van der Waals surface area (Å²) in [7, 11) is 1.51. The molecule has 2 rings (SSSR count). The first kappa shape index (κ1) is 11.7. The molecule has 1 aromatic heterocycles. The number of benzene rings is 1. The van der Waals surface area contributed by atoms with Crippen molar-refractivity contribution in [3.05, 3.63) is 35.4 Å². The summed E-state index contributed by atoms with van der Waals surface area (Å²) in [6.45, 7) is 0. The molecule has 0 aliphatic rings. The standard InChI is InChI=1S/C13H11N3O2/c1-18-13-10(6-8(7-14)12(15)17)9-4-2-3-5-11(9)16-13/h2-6,16H,1H3,(H2,15,17). The highest BCUT2D eigenvalue weighted by molar-refractivity contribution is 6.04. The lowest BCUT2D eigenvalue weighted by atomic mass is 10.1. The number of aromatic amines is 1. The first-order valence-electron chi connectivity index (χ1n) is 5.23. The topological polar surface area (TPSA) is 91.9 Å². The number of methoxy groups -OCH3 is 1. The Labute approximate surface area is 103 Å². The Morgan fingerprint density at radius 1 is 1.50 bits per heavy atom. The first-order valence-corrected chi connectivity index (χ1v) is 5.23. The molecule has 1 heterocycles. The van der Waals surface area contributed by atoms with Gasteiger partial charge in [-0.05, 0) is 12.1 Å². The van der Waals surface area contributed by atoms with E-state index in [0.717, 1.165) is 10.9 Å². The second-order valence-corrected chi connectivity index (χ2v) is 3.65. The maximum atomic E-state index is 11.1. The fourth-order valence-corrected chi connectivity index (χ4v) is 1.75. The lowest BCUT2D eigenvalue weighted by Gasteiger charge is -1.98. The van der Waals surface area contributed by atoms with E-state index in [1.807, 2.05) is 24.3 Å². The quantitative estimate of drug-likeness (QED) is 0.631. The smallest absolute Gasteiger partial charge is 0.259 e. The van der Waals surface area contributed by atoms with Crippen molar-refractivity contribution in [1.82, 2.24) is 4.98 Å². The van der Waals surface area contributed by atoms with Gasteiger partial charge in [-0.2, -0.15) is 5.26 Å². The molecule has 0 saturated heterocycles. The first-order chi connectivity index (χ1) is 8.67. The fraction of sp³-hybridized carbons (Fsp3) is 0.0769. The van der Waals surface area contributed by atoms with E-state index in [-0.39, 0.29) is 5.57 Å². The molecule has 5 heteroatoms. The van der Waals surface area contributed by atoms with Crippen molar-refractivity contribution in [3.63, 3.8) is 0 Å². The van der Waals surface area contributed by atoms with Crippen molar-refractivity contribution in [2.75, 3.05) is 7.11 Å². The van der Waals surface area contributed by atoms with Crippen LogP contribution < -0.4 is 10.5 Å². The molecule has 0 saturated carbocycles. The zero-order valence-corrected chi connectivity index (χ0v) is 9.73. The SMILES string of the molecule is COc1[nH]c2ccccc2c1C=C(C#N)C(N)=O. The van der Waals surface area contributed by atoms with Crippen molar-refractivity contribution in [3.8, 4) is 11.9 Å². The number of rotatable bonds is 3. The highest BCUT2D eigenvalue weighted by Crippen LogP contribution is 2.29. The molecular weight excluding hydrogens is 230 g/mol. The largest absolute Gasteiger partial charge is 0.482 e. The Kier molecular flexibility index (Phi) is 3.02. The molecule has 3 N–H and O–H groups in total. The molecule has 0 unspecified atom stereocenters. The number of ether oxygens (including phenoxy) is 1. The van der Waals surface area contributed by atoms with Crippen molar-refractivity contribution in [1.29, 1.82) is 5.26 Å². The fourth-order valence-electron chi connectivity index (χ4n) is 1.75. The number of carbonyl (C=O) groups is 1. The van der Waals surface area contributed by atoms with E-state index in [1.54, 1.807) is 6.07 Å². The third-order valence-electron chi connectivity index (χ3n) is 2.59. The van der Waals surface area contributed by atoms with Crippen LogP contribution in [0.2, 0.25) is 0 Å². The number of nitriles is 1. The molecule has 5 nitrogen and oxygen atoms in total. The minimum atomic E-state index is -0.759. The van der Waals surface area contributed by atoms with Crippen LogP contribution in [0.15, 0.2) is 29.8 Å². The van der Waals surface area contributed by atoms with Crippen LogP contribution in [0.4, 0.5) is 0 Å². The molecule has 1 aromatic carbocycles. The van der Waals surface area contributed by atoms with Crippen molar-refractivity contribution in [2.45, 2.75) is 0 Å². The third kappa shape index (κ3) is 1.92. The molecule has 18 heavy (non-hydrogen) atoms. The number of fused-ring (bicyclic) bond motifs is 1. The Bertz CT molecular complexity index is 677. The maximum Gasteiger partial charge on any atom is 0.259 e. The molecule has 0 bridgehead atoms. The van der Waals surface area contributed by atoms with E-state index in [0.29, 0.717) is 11.4 Å². The van der Waals surface area contributed by atoms with Gasteiger partial charge in [0.2, 0.25) is 0 Å². The van der Waals surface area contributed by atoms with Crippen LogP contribution in [0.3, 0.4) is 0 Å². The summed E-state index contributed by atoms with van der Waals surface area (Å²) < 4.78 is 5.19. The summed E-state index contributed by atoms with van der Waals surface area (Å²) in [5.74, 6) is -0.268. The molecule has 90 valence electrons. The third-order valence-corrected chi connectivity index (χ3v) is 2.59. The number of hydrogen-bond acceptors (Lipinski definition) is 3. The van der Waals surface area contributed by atoms with Crippen LogP contribution in [-0.2, 0) is 4.79 Å². The second kappa shape index (κ2) is 4.63. The van der Waals surface area contributed by atoms with Gasteiger partial charge in [-0.25, -0.2) is 0 Å². The molecule has 2 aromatic rings. The van der Waals surface area contributed by atoms with Crippen LogP contribution >= 0.6 is 0 Å². The van der Waals surface area contributed by atoms with Gasteiger partial charge in [0.1, 0.15) is 11.6 Å². The Morgan fingerprint density at radius 2 is 2.22 bits per heavy atom. The van der Waals surface area contributed by atoms with Crippen molar-refractivity contribution in [2.24, 2.45) is 5.73 Å². The van der Waals surface area contributed by atoms with Crippen LogP contribution in [0.25, 0.3) is 17.0 Å². The van der Waals surface area contributed by atoms with Gasteiger partial charge >= 0.3 is 0 Å². The van der Waals surface area contributed by atoms with Gasteiger partial charge in [0.05, 0.1) is 7.11 Å². The molecule has 0 aliphatic carbocycles. The van der Waals surface area contributed by atoms with Gasteiger partial charge in [0, 0.05) is 16.5 Å². The summed E-state index contributed by atoms with van der Waals surface area (Å²) in [4.78, 5) is 14.1. The molecular formula is C13H11N3O2. The number of carbonyl (C=O) groups excluding carboxylic acids is 1. The zero-order valence-electron chi connectivity index (χ0n) is 9.73. The average Bonchev–Trinajstić information content (AvgIpc) is 2.73. The maximum absolute atomic E-state index is 11.1. The predicted molar refractivity (Wildman–Crippen MR) is 67.6 cm³/mol. The lowest BCUT2D eigenvalue weighted by Crippen LogP contribution is -2.12. The number of H-pyrrole nitrogens is 1. The number of nitrogens with zero attached hydrogens (tertiary/aromatic N) is 1. The normalized spacial score (nSPS) is 11.2. The van der Waals surface area contributed by atoms with E-state index in [9.17, 15) is 4.79 Å². The highest BCUT2D eigenvalue weighted by Gasteiger charge is 2.12. The Balaban J connectivity index is 2.70.